The van der Waals surface area contributed by atoms with E-state index in [9.17, 15) is 82.1 Å². The summed E-state index contributed by atoms with van der Waals surface area (Å²) in [6, 6.07) is 18.0. The molecule has 0 unspecified atom stereocenters. The highest BCUT2D eigenvalue weighted by atomic mass is 127. The van der Waals surface area contributed by atoms with Crippen molar-refractivity contribution in [2.24, 2.45) is 5.73 Å². The molecule has 5 aromatic rings. The van der Waals surface area contributed by atoms with Gasteiger partial charge in [0.15, 0.2) is 0 Å². The number of aromatic nitrogens is 2. The Morgan fingerprint density at radius 1 is 0.753 bits per heavy atom. The monoisotopic (exact) mass is 1260 g/mol. The number of halogens is 18. The predicted molar refractivity (Wildman–Crippen MR) is 262 cm³/mol. The molecule has 0 atom stereocenters. The summed E-state index contributed by atoms with van der Waals surface area (Å²) in [5.41, 5.74) is 8.06. The molecule has 0 saturated carbocycles. The van der Waals surface area contributed by atoms with Crippen molar-refractivity contribution in [3.63, 3.8) is 0 Å². The van der Waals surface area contributed by atoms with Crippen LogP contribution in [0.5, 0.6) is 0 Å². The number of para-hydroxylation sites is 3. The van der Waals surface area contributed by atoms with E-state index in [1.54, 1.807) is 25.1 Å². The minimum atomic E-state index is -4.47. The average molecular weight is 1270 g/mol. The Hall–Kier alpha value is -5.30. The van der Waals surface area contributed by atoms with Gasteiger partial charge in [0.2, 0.25) is 5.82 Å². The van der Waals surface area contributed by atoms with Gasteiger partial charge in [-0.1, -0.05) is 93.3 Å². The first-order valence-electron chi connectivity index (χ1n) is 19.3. The van der Waals surface area contributed by atoms with Gasteiger partial charge in [0.1, 0.15) is 25.3 Å². The zero-order valence-electron chi connectivity index (χ0n) is 38.4. The average Bonchev–Trinajstić information content (AvgIpc) is 3.59. The van der Waals surface area contributed by atoms with Gasteiger partial charge >= 0.3 is 36.1 Å². The Labute approximate surface area is 440 Å². The van der Waals surface area contributed by atoms with E-state index in [0.717, 1.165) is 19.2 Å². The van der Waals surface area contributed by atoms with Crippen LogP contribution in [0.25, 0.3) is 11.0 Å². The third kappa shape index (κ3) is 33.9. The number of nitrogens with one attached hydrogen (secondary N) is 3. The fourth-order valence-corrected chi connectivity index (χ4v) is 5.01. The maximum Gasteiger partial charge on any atom is 0.406 e. The molecule has 0 fully saturated rings. The van der Waals surface area contributed by atoms with Gasteiger partial charge in [-0.3, -0.25) is 24.8 Å². The number of nitriles is 1. The van der Waals surface area contributed by atoms with E-state index in [1.807, 2.05) is 27.9 Å². The molecule has 0 amide bonds. The van der Waals surface area contributed by atoms with Crippen molar-refractivity contribution in [1.29, 1.82) is 5.26 Å². The summed E-state index contributed by atoms with van der Waals surface area (Å²) in [5.74, 6) is -0.987. The van der Waals surface area contributed by atoms with Gasteiger partial charge in [-0.15, -0.1) is 0 Å². The quantitative estimate of drug-likeness (QED) is 0.0200. The summed E-state index contributed by atoms with van der Waals surface area (Å²) < 4.78 is 160. The van der Waals surface area contributed by atoms with Crippen molar-refractivity contribution < 1.29 is 78.5 Å². The van der Waals surface area contributed by atoms with E-state index < -0.39 is 83.6 Å². The summed E-state index contributed by atoms with van der Waals surface area (Å²) in [6.45, 7) is -1.75. The molecule has 0 radical (unpaired) electrons. The van der Waals surface area contributed by atoms with Gasteiger partial charge in [-0.05, 0) is 48.2 Å². The number of aliphatic hydroxyl groups is 2. The molecule has 0 saturated heterocycles. The molecule has 73 heavy (non-hydrogen) atoms. The molecular weight excluding hydrogens is 1220 g/mol. The summed E-state index contributed by atoms with van der Waals surface area (Å²) in [5, 5.41) is 46.5. The Morgan fingerprint density at radius 2 is 1.11 bits per heavy atom. The number of rotatable bonds is 7. The topological polar surface area (TPSA) is 264 Å². The van der Waals surface area contributed by atoms with Crippen molar-refractivity contribution >= 4 is 108 Å². The van der Waals surface area contributed by atoms with Gasteiger partial charge in [0.25, 0.3) is 5.69 Å². The number of nitrogens with two attached hydrogens (primary N) is 2. The van der Waals surface area contributed by atoms with Crippen LogP contribution in [-0.4, -0.2) is 92.6 Å². The maximum atomic E-state index is 12.7. The molecule has 9 N–H and O–H groups in total. The number of aliphatic hydroxyl groups excluding tert-OH is 2. The van der Waals surface area contributed by atoms with Gasteiger partial charge in [-0.25, -0.2) is 4.79 Å². The molecule has 4 aromatic carbocycles. The lowest BCUT2D eigenvalue weighted by Gasteiger charge is -2.12. The van der Waals surface area contributed by atoms with Crippen molar-refractivity contribution in [3.8, 4) is 6.07 Å². The fraction of sp³-hybridized carbons (Fsp3) is 0.333. The van der Waals surface area contributed by atoms with Crippen LogP contribution >= 0.6 is 69.0 Å². The fourth-order valence-electron chi connectivity index (χ4n) is 4.08. The van der Waals surface area contributed by atoms with Crippen molar-refractivity contribution in [2.45, 2.75) is 45.1 Å². The number of nitro benzene ring substituents is 2. The van der Waals surface area contributed by atoms with E-state index in [-0.39, 0.29) is 49.3 Å². The lowest BCUT2D eigenvalue weighted by atomic mass is 10.2. The van der Waals surface area contributed by atoms with Crippen molar-refractivity contribution in [3.05, 3.63) is 129 Å². The molecule has 1 aromatic heterocycles. The SMILES string of the molecule is CC#N.CCO.CO.NCC(F)(F)F.Nc1cccc(Cl)c1NCC(F)(F)F.O=[N+]([O-])c1cccc(Cl)c1F.O=[N+]([O-])c1cccc(Cl)c1NCC(F)(F)F.O=c1[nH]c2cccc(Cl)c2n1CC(F)(F)F.[2H]CI. The molecule has 0 aliphatic carbocycles. The minimum absolute atomic E-state index is 0.0755. The standard InChI is InChI=1S/C9H6ClF3N2O.C8H6ClF3N2O2.C8H8ClF3N2.C6H3ClFNO2.C2H4F3N.C2H3N.C2H6O.CH3I.CH4O/c10-5-2-1-3-6-7(5)15(8(16)14-6)4-9(11,12)13;9-5-2-1-3-6(14(15)16)7(5)13-4-8(10,11)12;9-5-2-1-3-6(13)7(5)14-4-8(10,11)12;7-4-2-1-3-5(6(4)8)9(10)11;3-2(4,5)1-6;2*1-2-3;2*1-2/h1-3H,4H2,(H,14,16);1-3,13H,4H2;1-3,14H,4,13H2;1-3H;1,6H2;1H3;3H,2H2,1H3;1H3;2H,1H3/i;;;;;;;1D;. The Morgan fingerprint density at radius 3 is 1.48 bits per heavy atom. The first kappa shape index (κ1) is 72.0. The number of anilines is 3. The second-order valence-electron chi connectivity index (χ2n) is 12.0. The van der Waals surface area contributed by atoms with Gasteiger partial charge in [0, 0.05) is 34.1 Å². The highest BCUT2D eigenvalue weighted by Gasteiger charge is 2.31. The van der Waals surface area contributed by atoms with Crippen molar-refractivity contribution in [2.75, 3.05) is 54.6 Å². The highest BCUT2D eigenvalue weighted by molar-refractivity contribution is 14.1. The summed E-state index contributed by atoms with van der Waals surface area (Å²) in [6.07, 6.45) is -17.4. The summed E-state index contributed by atoms with van der Waals surface area (Å²) >= 11 is 24.2. The Kier molecular flexibility index (Phi) is 36.9. The number of imidazole rings is 1. The molecule has 0 aliphatic heterocycles. The number of nitro groups is 2. The lowest BCUT2D eigenvalue weighted by molar-refractivity contribution is -0.387. The van der Waals surface area contributed by atoms with Gasteiger partial charge < -0.3 is 37.3 Å². The van der Waals surface area contributed by atoms with Crippen LogP contribution < -0.4 is 27.8 Å². The molecule has 0 bridgehead atoms. The van der Waals surface area contributed by atoms with Crippen LogP contribution in [0.3, 0.4) is 0 Å². The van der Waals surface area contributed by atoms with E-state index in [1.165, 1.54) is 55.5 Å². The summed E-state index contributed by atoms with van der Waals surface area (Å²) in [4.78, 5) is 33.1. The maximum absolute atomic E-state index is 12.7. The summed E-state index contributed by atoms with van der Waals surface area (Å²) in [7, 11) is 1.00. The molecule has 0 aliphatic rings. The lowest BCUT2D eigenvalue weighted by Crippen LogP contribution is -2.26. The molecule has 1 heterocycles. The number of aromatic amines is 1. The number of fused-ring (bicyclic) bond motifs is 1. The Bertz CT molecular complexity index is 2500. The molecule has 34 heteroatoms. The molecule has 16 nitrogen and oxygen atoms in total. The normalized spacial score (nSPS) is 10.5. The second kappa shape index (κ2) is 37.4. The number of H-pyrrole nitrogens is 1. The molecule has 412 valence electrons. The number of nitrogens with zero attached hydrogens (tertiary/aromatic N) is 4. The number of nitrogen functional groups attached to an aromatic ring is 1. The third-order valence-electron chi connectivity index (χ3n) is 6.61. The number of hydrogen-bond acceptors (Lipinski definition) is 12. The largest absolute Gasteiger partial charge is 0.406 e. The number of hydrogen-bond donors (Lipinski definition) is 7. The number of benzene rings is 4. The molecular formula is C39H43Cl4F13IN9O7. The minimum Gasteiger partial charge on any atom is -0.400 e. The van der Waals surface area contributed by atoms with E-state index in [4.69, 9.17) is 69.0 Å². The highest BCUT2D eigenvalue weighted by Crippen LogP contribution is 2.33. The molecule has 0 spiro atoms. The van der Waals surface area contributed by atoms with Crippen LogP contribution in [0, 0.1) is 37.4 Å². The first-order chi connectivity index (χ1) is 34.0. The van der Waals surface area contributed by atoms with E-state index in [0.29, 0.717) is 15.0 Å². The third-order valence-corrected chi connectivity index (χ3v) is 7.83. The smallest absolute Gasteiger partial charge is 0.400 e. The molecule has 5 rings (SSSR count). The Balaban J connectivity index is -0.000000402. The van der Waals surface area contributed by atoms with Gasteiger partial charge in [0.05, 0.1) is 65.0 Å². The van der Waals surface area contributed by atoms with Crippen LogP contribution in [0.1, 0.15) is 15.2 Å². The zero-order valence-corrected chi connectivity index (χ0v) is 42.5. The van der Waals surface area contributed by atoms with Crippen LogP contribution in [-0.2, 0) is 6.54 Å². The first-order valence-corrected chi connectivity index (χ1v) is 21.7. The van der Waals surface area contributed by atoms with Crippen LogP contribution in [0.2, 0.25) is 20.1 Å². The second-order valence-corrected chi connectivity index (χ2v) is 13.6. The number of alkyl halides is 13. The van der Waals surface area contributed by atoms with Crippen LogP contribution in [0.4, 0.5) is 85.5 Å². The predicted octanol–water partition coefficient (Wildman–Crippen LogP) is 12.7. The van der Waals surface area contributed by atoms with E-state index >= 15 is 0 Å². The van der Waals surface area contributed by atoms with Crippen LogP contribution in [0.15, 0.2) is 77.6 Å². The van der Waals surface area contributed by atoms with Crippen molar-refractivity contribution in [1.82, 2.24) is 9.55 Å². The zero-order chi connectivity index (χ0) is 58.8. The van der Waals surface area contributed by atoms with Gasteiger partial charge in [-0.2, -0.15) is 62.3 Å². The van der Waals surface area contributed by atoms with E-state index in [2.05, 4.69) is 16.0 Å².